The third-order valence-electron chi connectivity index (χ3n) is 4.43. The van der Waals surface area contributed by atoms with E-state index < -0.39 is 22.9 Å². The lowest BCUT2D eigenvalue weighted by Crippen LogP contribution is -2.51. The summed E-state index contributed by atoms with van der Waals surface area (Å²) in [4.78, 5) is 2.31. The van der Waals surface area contributed by atoms with Gasteiger partial charge in [-0.3, -0.25) is 0 Å². The molecule has 2 saturated heterocycles. The normalized spacial score (nSPS) is 27.2. The molecule has 0 amide bonds. The van der Waals surface area contributed by atoms with E-state index in [0.717, 1.165) is 39.1 Å². The second-order valence-electron chi connectivity index (χ2n) is 6.85. The van der Waals surface area contributed by atoms with Crippen molar-refractivity contribution in [2.45, 2.75) is 38.4 Å². The Hall–Kier alpha value is -0.130. The second kappa shape index (κ2) is 8.50. The van der Waals surface area contributed by atoms with E-state index in [2.05, 4.69) is 21.9 Å². The molecule has 6 nitrogen and oxygen atoms in total. The molecule has 2 aliphatic rings. The Morgan fingerprint density at radius 3 is 2.42 bits per heavy atom. The molecule has 11 heteroatoms. The van der Waals surface area contributed by atoms with Gasteiger partial charge in [0.2, 0.25) is 0 Å². The topological polar surface area (TPSA) is 73.5 Å². The third-order valence-corrected chi connectivity index (χ3v) is 5.60. The van der Waals surface area contributed by atoms with E-state index in [1.54, 1.807) is 0 Å². The Morgan fingerprint density at radius 1 is 1.29 bits per heavy atom. The standard InChI is InChI=1S/C13H25F3N4O2S.ClH/c1-12(4-5-17-8-12)10-20-6-2-11(3-7-20)19-23(21,22)18-9-13(14,15)16;/h11,17-19H,2-10H2,1H3;1H. The highest BCUT2D eigenvalue weighted by atomic mass is 35.5. The summed E-state index contributed by atoms with van der Waals surface area (Å²) in [6.45, 7) is 5.17. The van der Waals surface area contributed by atoms with Crippen molar-refractivity contribution < 1.29 is 21.6 Å². The average molecular weight is 395 g/mol. The van der Waals surface area contributed by atoms with E-state index in [1.165, 1.54) is 4.72 Å². The first-order valence-corrected chi connectivity index (χ1v) is 9.32. The van der Waals surface area contributed by atoms with E-state index in [-0.39, 0.29) is 23.9 Å². The molecule has 0 aliphatic carbocycles. The van der Waals surface area contributed by atoms with Gasteiger partial charge in [-0.05, 0) is 44.3 Å². The van der Waals surface area contributed by atoms with Gasteiger partial charge in [-0.15, -0.1) is 12.4 Å². The molecule has 2 heterocycles. The maximum absolute atomic E-state index is 12.1. The average Bonchev–Trinajstić information content (AvgIpc) is 2.85. The molecule has 2 rings (SSSR count). The fourth-order valence-corrected chi connectivity index (χ4v) is 4.30. The van der Waals surface area contributed by atoms with Crippen LogP contribution in [0.1, 0.15) is 26.2 Å². The van der Waals surface area contributed by atoms with Crippen LogP contribution in [0.4, 0.5) is 13.2 Å². The van der Waals surface area contributed by atoms with Crippen LogP contribution >= 0.6 is 12.4 Å². The molecule has 0 aromatic rings. The fraction of sp³-hybridized carbons (Fsp3) is 1.00. The number of alkyl halides is 3. The van der Waals surface area contributed by atoms with Crippen molar-refractivity contribution in [3.8, 4) is 0 Å². The van der Waals surface area contributed by atoms with Gasteiger partial charge in [-0.2, -0.15) is 31.0 Å². The van der Waals surface area contributed by atoms with Crippen molar-refractivity contribution in [2.75, 3.05) is 39.3 Å². The second-order valence-corrected chi connectivity index (χ2v) is 8.38. The summed E-state index contributed by atoms with van der Waals surface area (Å²) in [5.74, 6) is 0. The number of likely N-dealkylation sites (tertiary alicyclic amines) is 1. The Balaban J connectivity index is 0.00000288. The van der Waals surface area contributed by atoms with Gasteiger partial charge in [-0.1, -0.05) is 6.92 Å². The molecule has 144 valence electrons. The van der Waals surface area contributed by atoms with Crippen molar-refractivity contribution >= 4 is 22.6 Å². The first kappa shape index (κ1) is 21.9. The quantitative estimate of drug-likeness (QED) is 0.624. The highest BCUT2D eigenvalue weighted by molar-refractivity contribution is 7.87. The van der Waals surface area contributed by atoms with E-state index in [0.29, 0.717) is 12.8 Å². The first-order valence-electron chi connectivity index (χ1n) is 7.84. The predicted octanol–water partition coefficient (Wildman–Crippen LogP) is 0.858. The van der Waals surface area contributed by atoms with Crippen molar-refractivity contribution in [3.63, 3.8) is 0 Å². The molecular formula is C13H26ClF3N4O2S. The van der Waals surface area contributed by atoms with Crippen LogP contribution in [0.15, 0.2) is 0 Å². The zero-order chi connectivity index (χ0) is 17.1. The highest BCUT2D eigenvalue weighted by Gasteiger charge is 2.33. The van der Waals surface area contributed by atoms with Crippen LogP contribution in [0, 0.1) is 5.41 Å². The SMILES string of the molecule is CC1(CN2CCC(NS(=O)(=O)NCC(F)(F)F)CC2)CCNC1.Cl. The van der Waals surface area contributed by atoms with Crippen molar-refractivity contribution in [1.82, 2.24) is 19.7 Å². The molecular weight excluding hydrogens is 369 g/mol. The summed E-state index contributed by atoms with van der Waals surface area (Å²) in [6.07, 6.45) is -2.21. The van der Waals surface area contributed by atoms with E-state index in [9.17, 15) is 21.6 Å². The minimum atomic E-state index is -4.55. The molecule has 0 aromatic heterocycles. The predicted molar refractivity (Wildman–Crippen MR) is 88.4 cm³/mol. The van der Waals surface area contributed by atoms with Gasteiger partial charge in [0.25, 0.3) is 10.2 Å². The molecule has 0 bridgehead atoms. The molecule has 0 spiro atoms. The smallest absolute Gasteiger partial charge is 0.316 e. The summed E-state index contributed by atoms with van der Waals surface area (Å²) >= 11 is 0. The van der Waals surface area contributed by atoms with Crippen molar-refractivity contribution in [2.24, 2.45) is 5.41 Å². The van der Waals surface area contributed by atoms with Crippen molar-refractivity contribution in [1.29, 1.82) is 0 Å². The number of nitrogens with zero attached hydrogens (tertiary/aromatic N) is 1. The van der Waals surface area contributed by atoms with Crippen LogP contribution in [-0.4, -0.2) is 64.8 Å². The van der Waals surface area contributed by atoms with Crippen LogP contribution in [-0.2, 0) is 10.2 Å². The number of halogens is 4. The third kappa shape index (κ3) is 7.40. The van der Waals surface area contributed by atoms with Gasteiger partial charge < -0.3 is 10.2 Å². The molecule has 24 heavy (non-hydrogen) atoms. The van der Waals surface area contributed by atoms with Gasteiger partial charge in [0.15, 0.2) is 0 Å². The lowest BCUT2D eigenvalue weighted by atomic mass is 9.88. The number of hydrogen-bond donors (Lipinski definition) is 3. The fourth-order valence-electron chi connectivity index (χ4n) is 3.19. The van der Waals surface area contributed by atoms with Crippen LogP contribution in [0.3, 0.4) is 0 Å². The largest absolute Gasteiger partial charge is 0.402 e. The molecule has 0 radical (unpaired) electrons. The number of hydrogen-bond acceptors (Lipinski definition) is 4. The summed E-state index contributed by atoms with van der Waals surface area (Å²) in [6, 6.07) is -0.313. The van der Waals surface area contributed by atoms with Gasteiger partial charge in [0.1, 0.15) is 6.54 Å². The molecule has 3 N–H and O–H groups in total. The lowest BCUT2D eigenvalue weighted by molar-refractivity contribution is -0.121. The number of piperidine rings is 1. The summed E-state index contributed by atoms with van der Waals surface area (Å²) in [7, 11) is -4.11. The first-order chi connectivity index (χ1) is 10.6. The maximum Gasteiger partial charge on any atom is 0.402 e. The lowest BCUT2D eigenvalue weighted by Gasteiger charge is -2.37. The number of nitrogens with one attached hydrogen (secondary N) is 3. The highest BCUT2D eigenvalue weighted by Crippen LogP contribution is 2.27. The van der Waals surface area contributed by atoms with Crippen molar-refractivity contribution in [3.05, 3.63) is 0 Å². The van der Waals surface area contributed by atoms with Crippen LogP contribution in [0.25, 0.3) is 0 Å². The Morgan fingerprint density at radius 2 is 1.92 bits per heavy atom. The molecule has 0 aromatic carbocycles. The Labute approximate surface area is 147 Å². The minimum absolute atomic E-state index is 0. The Kier molecular flexibility index (Phi) is 7.76. The van der Waals surface area contributed by atoms with Gasteiger partial charge in [0, 0.05) is 19.1 Å². The van der Waals surface area contributed by atoms with Gasteiger partial charge in [0.05, 0.1) is 0 Å². The van der Waals surface area contributed by atoms with Crippen LogP contribution in [0.5, 0.6) is 0 Å². The zero-order valence-corrected chi connectivity index (χ0v) is 15.3. The summed E-state index contributed by atoms with van der Waals surface area (Å²) in [5.41, 5.74) is 0.251. The summed E-state index contributed by atoms with van der Waals surface area (Å²) < 4.78 is 63.3. The Bertz CT molecular complexity index is 490. The molecule has 0 saturated carbocycles. The zero-order valence-electron chi connectivity index (χ0n) is 13.7. The van der Waals surface area contributed by atoms with E-state index in [4.69, 9.17) is 0 Å². The molecule has 1 atom stereocenters. The molecule has 2 aliphatic heterocycles. The molecule has 2 fully saturated rings. The van der Waals surface area contributed by atoms with Crippen LogP contribution < -0.4 is 14.8 Å². The van der Waals surface area contributed by atoms with Gasteiger partial charge in [-0.25, -0.2) is 0 Å². The van der Waals surface area contributed by atoms with E-state index >= 15 is 0 Å². The minimum Gasteiger partial charge on any atom is -0.316 e. The van der Waals surface area contributed by atoms with Crippen LogP contribution in [0.2, 0.25) is 0 Å². The number of rotatable bonds is 6. The maximum atomic E-state index is 12.1. The monoisotopic (exact) mass is 394 g/mol. The summed E-state index contributed by atoms with van der Waals surface area (Å²) in [5, 5.41) is 3.35. The van der Waals surface area contributed by atoms with Gasteiger partial charge >= 0.3 is 6.18 Å². The molecule has 1 unspecified atom stereocenters. The van der Waals surface area contributed by atoms with E-state index in [1.807, 2.05) is 0 Å².